The van der Waals surface area contributed by atoms with E-state index >= 15 is 0 Å². The van der Waals surface area contributed by atoms with Crippen LogP contribution in [0.4, 0.5) is 5.69 Å². The van der Waals surface area contributed by atoms with E-state index < -0.39 is 0 Å². The molecule has 1 saturated heterocycles. The van der Waals surface area contributed by atoms with Crippen LogP contribution in [0.15, 0.2) is 24.3 Å². The Morgan fingerprint density at radius 3 is 2.20 bits per heavy atom. The summed E-state index contributed by atoms with van der Waals surface area (Å²) < 4.78 is 0. The molecule has 7 heteroatoms. The fourth-order valence-electron chi connectivity index (χ4n) is 2.95. The highest BCUT2D eigenvalue weighted by molar-refractivity contribution is 6.33. The number of rotatable bonds is 7. The second kappa shape index (κ2) is 9.75. The van der Waals surface area contributed by atoms with Crippen molar-refractivity contribution in [2.24, 2.45) is 0 Å². The van der Waals surface area contributed by atoms with Crippen LogP contribution in [-0.4, -0.2) is 57.1 Å². The van der Waals surface area contributed by atoms with Gasteiger partial charge in [-0.05, 0) is 25.5 Å². The number of quaternary nitrogens is 2. The van der Waals surface area contributed by atoms with E-state index in [1.807, 2.05) is 19.1 Å². The highest BCUT2D eigenvalue weighted by atomic mass is 35.5. The molecule has 1 aliphatic rings. The Morgan fingerprint density at radius 1 is 1.08 bits per heavy atom. The van der Waals surface area contributed by atoms with Gasteiger partial charge in [0.2, 0.25) is 0 Å². The molecule has 0 aromatic heterocycles. The molecule has 2 rings (SSSR count). The summed E-state index contributed by atoms with van der Waals surface area (Å²) in [4.78, 5) is 26.7. The Balaban J connectivity index is 1.70. The minimum atomic E-state index is -0.0268. The topological polar surface area (TPSA) is 67.1 Å². The standard InChI is InChI=1S/C18H27ClN4O2/c1-3-14(2)20-17(24)12-22-8-10-23(11-9-22)13-18(25)21-16-7-5-4-6-15(16)19/h4-7,14H,3,8-13H2,1-2H3,(H,20,24)(H,21,25)/p+2/t14-/m1/s1. The monoisotopic (exact) mass is 368 g/mol. The van der Waals surface area contributed by atoms with Crippen LogP contribution in [0.5, 0.6) is 0 Å². The summed E-state index contributed by atoms with van der Waals surface area (Å²) in [5, 5.41) is 6.42. The van der Waals surface area contributed by atoms with E-state index in [1.165, 1.54) is 9.80 Å². The first-order valence-corrected chi connectivity index (χ1v) is 9.36. The second-order valence-electron chi connectivity index (χ2n) is 6.76. The third-order valence-corrected chi connectivity index (χ3v) is 4.98. The zero-order valence-corrected chi connectivity index (χ0v) is 15.8. The predicted octanol–water partition coefficient (Wildman–Crippen LogP) is -1.02. The first-order chi connectivity index (χ1) is 12.0. The van der Waals surface area contributed by atoms with Crippen molar-refractivity contribution >= 4 is 29.1 Å². The van der Waals surface area contributed by atoms with Gasteiger partial charge in [0.25, 0.3) is 11.8 Å². The quantitative estimate of drug-likeness (QED) is 0.497. The van der Waals surface area contributed by atoms with E-state index in [0.717, 1.165) is 32.6 Å². The first kappa shape index (κ1) is 19.7. The van der Waals surface area contributed by atoms with Gasteiger partial charge in [0, 0.05) is 6.04 Å². The Kier molecular flexibility index (Phi) is 7.68. The lowest BCUT2D eigenvalue weighted by atomic mass is 10.2. The van der Waals surface area contributed by atoms with Crippen LogP contribution in [-0.2, 0) is 9.59 Å². The number of hydrogen-bond donors (Lipinski definition) is 4. The van der Waals surface area contributed by atoms with Crippen molar-refractivity contribution in [2.45, 2.75) is 26.3 Å². The van der Waals surface area contributed by atoms with Gasteiger partial charge in [-0.1, -0.05) is 30.7 Å². The number of para-hydroxylation sites is 1. The lowest BCUT2D eigenvalue weighted by Crippen LogP contribution is -3.28. The number of hydrogen-bond acceptors (Lipinski definition) is 2. The molecule has 0 bridgehead atoms. The first-order valence-electron chi connectivity index (χ1n) is 8.98. The molecule has 0 unspecified atom stereocenters. The van der Waals surface area contributed by atoms with Gasteiger partial charge in [-0.15, -0.1) is 0 Å². The average Bonchev–Trinajstić information content (AvgIpc) is 2.58. The molecule has 1 heterocycles. The van der Waals surface area contributed by atoms with Crippen molar-refractivity contribution in [3.8, 4) is 0 Å². The number of carbonyl (C=O) groups is 2. The number of nitrogens with one attached hydrogen (secondary N) is 4. The maximum absolute atomic E-state index is 12.2. The van der Waals surface area contributed by atoms with Crippen LogP contribution >= 0.6 is 11.6 Å². The van der Waals surface area contributed by atoms with Gasteiger partial charge in [-0.3, -0.25) is 9.59 Å². The Labute approximate surface area is 154 Å². The molecule has 2 amide bonds. The summed E-state index contributed by atoms with van der Waals surface area (Å²) in [6.07, 6.45) is 0.944. The zero-order chi connectivity index (χ0) is 18.2. The third-order valence-electron chi connectivity index (χ3n) is 4.65. The van der Waals surface area contributed by atoms with Crippen molar-refractivity contribution in [1.29, 1.82) is 0 Å². The van der Waals surface area contributed by atoms with Crippen LogP contribution in [0, 0.1) is 0 Å². The van der Waals surface area contributed by atoms with Crippen LogP contribution < -0.4 is 20.4 Å². The summed E-state index contributed by atoms with van der Waals surface area (Å²) >= 11 is 6.06. The lowest BCUT2D eigenvalue weighted by molar-refractivity contribution is -1.00. The highest BCUT2D eigenvalue weighted by Gasteiger charge is 2.26. The molecule has 1 aromatic rings. The van der Waals surface area contributed by atoms with Crippen LogP contribution in [0.2, 0.25) is 5.02 Å². The van der Waals surface area contributed by atoms with Gasteiger partial charge in [-0.2, -0.15) is 0 Å². The van der Waals surface area contributed by atoms with Crippen molar-refractivity contribution < 1.29 is 19.4 Å². The van der Waals surface area contributed by atoms with Crippen molar-refractivity contribution in [3.05, 3.63) is 29.3 Å². The fourth-order valence-corrected chi connectivity index (χ4v) is 3.13. The number of anilines is 1. The van der Waals surface area contributed by atoms with Gasteiger partial charge in [0.15, 0.2) is 13.1 Å². The van der Waals surface area contributed by atoms with E-state index in [9.17, 15) is 9.59 Å². The molecule has 6 nitrogen and oxygen atoms in total. The van der Waals surface area contributed by atoms with Crippen molar-refractivity contribution in [1.82, 2.24) is 5.32 Å². The molecular weight excluding hydrogens is 340 g/mol. The predicted molar refractivity (Wildman–Crippen MR) is 99.1 cm³/mol. The highest BCUT2D eigenvalue weighted by Crippen LogP contribution is 2.19. The van der Waals surface area contributed by atoms with E-state index in [2.05, 4.69) is 17.6 Å². The molecule has 1 aliphatic heterocycles. The molecule has 138 valence electrons. The van der Waals surface area contributed by atoms with Gasteiger partial charge < -0.3 is 20.4 Å². The summed E-state index contributed by atoms with van der Waals surface area (Å²) in [6.45, 7) is 8.62. The van der Waals surface area contributed by atoms with Crippen molar-refractivity contribution in [3.63, 3.8) is 0 Å². The van der Waals surface area contributed by atoms with E-state index in [0.29, 0.717) is 23.8 Å². The Bertz CT molecular complexity index is 588. The normalized spacial score (nSPS) is 21.4. The van der Waals surface area contributed by atoms with Gasteiger partial charge in [-0.25, -0.2) is 0 Å². The third kappa shape index (κ3) is 6.65. The fraction of sp³-hybridized carbons (Fsp3) is 0.556. The molecule has 0 saturated carbocycles. The minimum Gasteiger partial charge on any atom is -0.349 e. The molecule has 1 fully saturated rings. The van der Waals surface area contributed by atoms with Gasteiger partial charge >= 0.3 is 0 Å². The molecular formula is C18H29ClN4O2+2. The maximum atomic E-state index is 12.2. The second-order valence-corrected chi connectivity index (χ2v) is 7.17. The number of benzene rings is 1. The minimum absolute atomic E-state index is 0.0268. The SMILES string of the molecule is CC[C@@H](C)NC(=O)C[NH+]1CC[NH+](CC(=O)Nc2ccccc2Cl)CC1. The molecule has 4 N–H and O–H groups in total. The van der Waals surface area contributed by atoms with Gasteiger partial charge in [0.05, 0.1) is 10.7 Å². The van der Waals surface area contributed by atoms with Crippen molar-refractivity contribution in [2.75, 3.05) is 44.6 Å². The summed E-state index contributed by atoms with van der Waals surface area (Å²) in [5.41, 5.74) is 0.652. The smallest absolute Gasteiger partial charge is 0.279 e. The van der Waals surface area contributed by atoms with E-state index in [4.69, 9.17) is 11.6 Å². The Morgan fingerprint density at radius 2 is 1.64 bits per heavy atom. The maximum Gasteiger partial charge on any atom is 0.279 e. The molecule has 1 atom stereocenters. The molecule has 1 aromatic carbocycles. The van der Waals surface area contributed by atoms with Gasteiger partial charge in [0.1, 0.15) is 26.2 Å². The molecule has 0 radical (unpaired) electrons. The van der Waals surface area contributed by atoms with Crippen LogP contribution in [0.3, 0.4) is 0 Å². The largest absolute Gasteiger partial charge is 0.349 e. The average molecular weight is 369 g/mol. The van der Waals surface area contributed by atoms with Crippen LogP contribution in [0.25, 0.3) is 0 Å². The number of piperazine rings is 1. The summed E-state index contributed by atoms with van der Waals surface area (Å²) in [5.74, 6) is 0.0883. The molecule has 0 spiro atoms. The zero-order valence-electron chi connectivity index (χ0n) is 15.0. The lowest BCUT2D eigenvalue weighted by Gasteiger charge is -2.29. The van der Waals surface area contributed by atoms with E-state index in [-0.39, 0.29) is 17.9 Å². The summed E-state index contributed by atoms with van der Waals surface area (Å²) in [7, 11) is 0. The molecule has 0 aliphatic carbocycles. The van der Waals surface area contributed by atoms with E-state index in [1.54, 1.807) is 12.1 Å². The molecule has 25 heavy (non-hydrogen) atoms. The number of halogens is 1. The summed E-state index contributed by atoms with van der Waals surface area (Å²) in [6, 6.07) is 7.47. The van der Waals surface area contributed by atoms with Crippen LogP contribution in [0.1, 0.15) is 20.3 Å². The Hall–Kier alpha value is -1.63. The number of amides is 2. The number of carbonyl (C=O) groups excluding carboxylic acids is 2.